The van der Waals surface area contributed by atoms with Crippen molar-refractivity contribution >= 4 is 17.7 Å². The van der Waals surface area contributed by atoms with E-state index in [1.807, 2.05) is 42.5 Å². The fraction of sp³-hybridized carbons (Fsp3) is 0.154. The number of carbonyl (C=O) groups is 2. The van der Waals surface area contributed by atoms with Crippen LogP contribution < -0.4 is 10.6 Å². The number of hydrogen-bond acceptors (Lipinski definition) is 3. The first-order chi connectivity index (χ1) is 15.2. The third-order valence-electron chi connectivity index (χ3n) is 5.63. The molecule has 1 heterocycles. The molecule has 1 aliphatic heterocycles. The number of hydrogen-bond donors (Lipinski definition) is 2. The number of nitrogens with one attached hydrogen (secondary N) is 2. The summed E-state index contributed by atoms with van der Waals surface area (Å²) in [6, 6.07) is 22.1. The third kappa shape index (κ3) is 3.76. The zero-order valence-corrected chi connectivity index (χ0v) is 16.8. The van der Waals surface area contributed by atoms with Crippen molar-refractivity contribution in [3.63, 3.8) is 0 Å². The first-order valence-electron chi connectivity index (χ1n) is 10.2. The molecule has 152 valence electrons. The number of anilines is 1. The molecule has 5 heteroatoms. The van der Waals surface area contributed by atoms with Crippen LogP contribution in [-0.4, -0.2) is 25.2 Å². The van der Waals surface area contributed by atoms with Crippen molar-refractivity contribution in [3.05, 3.63) is 89.0 Å². The van der Waals surface area contributed by atoms with Gasteiger partial charge in [0.15, 0.2) is 0 Å². The Morgan fingerprint density at radius 1 is 1.03 bits per heavy atom. The minimum atomic E-state index is -0.486. The summed E-state index contributed by atoms with van der Waals surface area (Å²) in [6.45, 7) is 0.462. The van der Waals surface area contributed by atoms with E-state index in [0.717, 1.165) is 16.8 Å². The quantitative estimate of drug-likeness (QED) is 0.642. The van der Waals surface area contributed by atoms with Gasteiger partial charge in [0.05, 0.1) is 13.0 Å². The van der Waals surface area contributed by atoms with E-state index in [1.54, 1.807) is 0 Å². The second-order valence-corrected chi connectivity index (χ2v) is 7.58. The standard InChI is InChI=1S/C26H20N2O3/c29-25-15-18-14-17(11-12-24(18)28-25)6-5-13-27-26(30)31-16-23-21-9-3-1-7-19(21)20-8-2-4-10-22(20)23/h1-4,7-12,14,23H,13,15-16H2,(H,27,30)(H,28,29). The first-order valence-corrected chi connectivity index (χ1v) is 10.2. The molecule has 0 fully saturated rings. The summed E-state index contributed by atoms with van der Waals surface area (Å²) in [7, 11) is 0. The maximum absolute atomic E-state index is 12.2. The molecule has 5 rings (SSSR count). The maximum Gasteiger partial charge on any atom is 0.407 e. The zero-order valence-electron chi connectivity index (χ0n) is 16.8. The van der Waals surface area contributed by atoms with Gasteiger partial charge in [-0.05, 0) is 46.0 Å². The van der Waals surface area contributed by atoms with Gasteiger partial charge in [-0.1, -0.05) is 60.4 Å². The Bertz CT molecular complexity index is 1210. The van der Waals surface area contributed by atoms with Crippen molar-refractivity contribution in [2.75, 3.05) is 18.5 Å². The number of amides is 2. The van der Waals surface area contributed by atoms with Gasteiger partial charge in [0, 0.05) is 17.2 Å². The van der Waals surface area contributed by atoms with Crippen LogP contribution in [-0.2, 0) is 16.0 Å². The summed E-state index contributed by atoms with van der Waals surface area (Å²) < 4.78 is 5.50. The average Bonchev–Trinajstić information content (AvgIpc) is 3.32. The number of benzene rings is 3. The Morgan fingerprint density at radius 3 is 2.48 bits per heavy atom. The fourth-order valence-electron chi connectivity index (χ4n) is 4.22. The van der Waals surface area contributed by atoms with Crippen molar-refractivity contribution in [2.45, 2.75) is 12.3 Å². The summed E-state index contributed by atoms with van der Waals surface area (Å²) in [5, 5.41) is 5.48. The summed E-state index contributed by atoms with van der Waals surface area (Å²) in [5.74, 6) is 5.97. The number of rotatable bonds is 3. The lowest BCUT2D eigenvalue weighted by Crippen LogP contribution is -2.26. The van der Waals surface area contributed by atoms with Crippen LogP contribution in [0, 0.1) is 11.8 Å². The van der Waals surface area contributed by atoms with Crippen LogP contribution in [0.3, 0.4) is 0 Å². The van der Waals surface area contributed by atoms with E-state index in [9.17, 15) is 9.59 Å². The molecule has 0 atom stereocenters. The summed E-state index contributed by atoms with van der Waals surface area (Å²) in [5.41, 5.74) is 7.35. The van der Waals surface area contributed by atoms with Gasteiger partial charge in [-0.3, -0.25) is 4.79 Å². The molecule has 0 bridgehead atoms. The molecule has 2 aliphatic rings. The molecule has 0 unspecified atom stereocenters. The molecule has 2 N–H and O–H groups in total. The average molecular weight is 408 g/mol. The number of ether oxygens (including phenoxy) is 1. The Labute approximate surface area is 180 Å². The van der Waals surface area contributed by atoms with Gasteiger partial charge in [0.1, 0.15) is 6.61 Å². The van der Waals surface area contributed by atoms with Gasteiger partial charge in [0.2, 0.25) is 5.91 Å². The molecule has 5 nitrogen and oxygen atoms in total. The van der Waals surface area contributed by atoms with Gasteiger partial charge in [0.25, 0.3) is 0 Å². The topological polar surface area (TPSA) is 67.4 Å². The Balaban J connectivity index is 1.17. The molecule has 0 radical (unpaired) electrons. The molecular formula is C26H20N2O3. The van der Waals surface area contributed by atoms with E-state index in [-0.39, 0.29) is 25.0 Å². The van der Waals surface area contributed by atoms with Crippen LogP contribution in [0.25, 0.3) is 11.1 Å². The highest BCUT2D eigenvalue weighted by Gasteiger charge is 2.28. The van der Waals surface area contributed by atoms with E-state index >= 15 is 0 Å². The van der Waals surface area contributed by atoms with Crippen LogP contribution in [0.1, 0.15) is 28.2 Å². The van der Waals surface area contributed by atoms with Crippen LogP contribution in [0.5, 0.6) is 0 Å². The summed E-state index contributed by atoms with van der Waals surface area (Å²) >= 11 is 0. The van der Waals surface area contributed by atoms with Crippen LogP contribution >= 0.6 is 0 Å². The van der Waals surface area contributed by atoms with E-state index in [1.165, 1.54) is 22.3 Å². The van der Waals surface area contributed by atoms with Gasteiger partial charge in [-0.2, -0.15) is 0 Å². The molecule has 2 amide bonds. The van der Waals surface area contributed by atoms with Gasteiger partial charge in [-0.15, -0.1) is 0 Å². The normalized spacial score (nSPS) is 13.4. The predicted molar refractivity (Wildman–Crippen MR) is 119 cm³/mol. The molecule has 0 saturated heterocycles. The van der Waals surface area contributed by atoms with Crippen molar-refractivity contribution in [3.8, 4) is 23.0 Å². The van der Waals surface area contributed by atoms with Crippen LogP contribution in [0.4, 0.5) is 10.5 Å². The molecular weight excluding hydrogens is 388 g/mol. The summed E-state index contributed by atoms with van der Waals surface area (Å²) in [6.07, 6.45) is -0.108. The fourth-order valence-corrected chi connectivity index (χ4v) is 4.22. The van der Waals surface area contributed by atoms with Crippen molar-refractivity contribution < 1.29 is 14.3 Å². The Kier molecular flexibility index (Phi) is 4.89. The second kappa shape index (κ2) is 8.00. The van der Waals surface area contributed by atoms with Gasteiger partial charge in [-0.25, -0.2) is 4.79 Å². The highest BCUT2D eigenvalue weighted by atomic mass is 16.5. The Morgan fingerprint density at radius 2 is 1.74 bits per heavy atom. The molecule has 0 saturated carbocycles. The molecule has 0 aromatic heterocycles. The largest absolute Gasteiger partial charge is 0.449 e. The number of carbonyl (C=O) groups excluding carboxylic acids is 2. The second-order valence-electron chi connectivity index (χ2n) is 7.58. The predicted octanol–water partition coefficient (Wildman–Crippen LogP) is 4.07. The monoisotopic (exact) mass is 408 g/mol. The van der Waals surface area contributed by atoms with Crippen molar-refractivity contribution in [1.82, 2.24) is 5.32 Å². The minimum absolute atomic E-state index is 0.00275. The lowest BCUT2D eigenvalue weighted by molar-refractivity contribution is -0.115. The van der Waals surface area contributed by atoms with E-state index in [0.29, 0.717) is 6.42 Å². The number of fused-ring (bicyclic) bond motifs is 4. The van der Waals surface area contributed by atoms with Gasteiger partial charge < -0.3 is 15.4 Å². The van der Waals surface area contributed by atoms with E-state index in [4.69, 9.17) is 4.74 Å². The smallest absolute Gasteiger partial charge is 0.407 e. The molecule has 3 aromatic rings. The lowest BCUT2D eigenvalue weighted by Gasteiger charge is -2.14. The molecule has 31 heavy (non-hydrogen) atoms. The first kappa shape index (κ1) is 19.0. The third-order valence-corrected chi connectivity index (χ3v) is 5.63. The summed E-state index contributed by atoms with van der Waals surface area (Å²) in [4.78, 5) is 23.6. The Hall–Kier alpha value is -4.04. The van der Waals surface area contributed by atoms with E-state index < -0.39 is 6.09 Å². The van der Waals surface area contributed by atoms with Crippen LogP contribution in [0.15, 0.2) is 66.7 Å². The SMILES string of the molecule is O=C1Cc2cc(C#CCNC(=O)OCC3c4ccccc4-c4ccccc43)ccc2N1. The molecule has 1 aliphatic carbocycles. The van der Waals surface area contributed by atoms with E-state index in [2.05, 4.69) is 46.7 Å². The highest BCUT2D eigenvalue weighted by Crippen LogP contribution is 2.44. The number of alkyl carbamates (subject to hydrolysis) is 1. The molecule has 3 aromatic carbocycles. The maximum atomic E-state index is 12.2. The highest BCUT2D eigenvalue weighted by molar-refractivity contribution is 5.99. The minimum Gasteiger partial charge on any atom is -0.449 e. The van der Waals surface area contributed by atoms with Crippen molar-refractivity contribution in [1.29, 1.82) is 0 Å². The molecule has 0 spiro atoms. The van der Waals surface area contributed by atoms with Crippen LogP contribution in [0.2, 0.25) is 0 Å². The van der Waals surface area contributed by atoms with Gasteiger partial charge >= 0.3 is 6.09 Å². The van der Waals surface area contributed by atoms with Crippen molar-refractivity contribution in [2.24, 2.45) is 0 Å². The zero-order chi connectivity index (χ0) is 21.2. The lowest BCUT2D eigenvalue weighted by atomic mass is 9.98.